The third-order valence-corrected chi connectivity index (χ3v) is 3.69. The number of amidine groups is 1. The lowest BCUT2D eigenvalue weighted by Crippen LogP contribution is -2.16. The van der Waals surface area contributed by atoms with E-state index in [0.717, 1.165) is 35.4 Å². The summed E-state index contributed by atoms with van der Waals surface area (Å²) < 4.78 is 42.0. The molecule has 5 nitrogen and oxygen atoms in total. The predicted octanol–water partition coefficient (Wildman–Crippen LogP) is 2.39. The molecular formula is C9H6F3N5S2. The second-order valence-corrected chi connectivity index (χ2v) is 5.29. The largest absolute Gasteiger partial charge is 0.433 e. The number of nitrogens with zero attached hydrogens (tertiary/aromatic N) is 3. The number of halogens is 3. The fourth-order valence-electron chi connectivity index (χ4n) is 1.17. The lowest BCUT2D eigenvalue weighted by atomic mass is 10.2. The highest BCUT2D eigenvalue weighted by molar-refractivity contribution is 8.01. The van der Waals surface area contributed by atoms with E-state index in [4.69, 9.17) is 11.1 Å². The van der Waals surface area contributed by atoms with Gasteiger partial charge in [-0.05, 0) is 35.4 Å². The molecule has 100 valence electrons. The van der Waals surface area contributed by atoms with E-state index in [1.807, 2.05) is 0 Å². The Kier molecular flexibility index (Phi) is 3.71. The molecule has 0 atom stereocenters. The summed E-state index contributed by atoms with van der Waals surface area (Å²) in [5, 5.41) is 7.33. The number of pyridine rings is 1. The summed E-state index contributed by atoms with van der Waals surface area (Å²) in [5.74, 6) is -0.353. The molecule has 0 fully saturated rings. The van der Waals surface area contributed by atoms with Gasteiger partial charge in [-0.25, -0.2) is 9.97 Å². The van der Waals surface area contributed by atoms with Crippen LogP contribution in [0.1, 0.15) is 11.3 Å². The summed E-state index contributed by atoms with van der Waals surface area (Å²) in [6.07, 6.45) is -3.26. The molecule has 0 amide bonds. The van der Waals surface area contributed by atoms with Crippen molar-refractivity contribution in [2.75, 3.05) is 0 Å². The van der Waals surface area contributed by atoms with Gasteiger partial charge in [0.1, 0.15) is 22.9 Å². The molecule has 2 aromatic rings. The van der Waals surface area contributed by atoms with Gasteiger partial charge in [0.05, 0.1) is 0 Å². The Morgan fingerprint density at radius 3 is 2.63 bits per heavy atom. The molecule has 19 heavy (non-hydrogen) atoms. The highest BCUT2D eigenvalue weighted by atomic mass is 32.2. The molecule has 2 heterocycles. The summed E-state index contributed by atoms with van der Waals surface area (Å²) in [6, 6.07) is 1.92. The Labute approximate surface area is 113 Å². The molecule has 2 aromatic heterocycles. The van der Waals surface area contributed by atoms with E-state index in [-0.39, 0.29) is 16.4 Å². The van der Waals surface area contributed by atoms with Crippen molar-refractivity contribution >= 4 is 29.1 Å². The molecule has 0 radical (unpaired) electrons. The van der Waals surface area contributed by atoms with Gasteiger partial charge in [0.25, 0.3) is 0 Å². The zero-order chi connectivity index (χ0) is 14.0. The van der Waals surface area contributed by atoms with Gasteiger partial charge in [-0.1, -0.05) is 0 Å². The van der Waals surface area contributed by atoms with Crippen LogP contribution in [0, 0.1) is 5.41 Å². The highest BCUT2D eigenvalue weighted by Crippen LogP contribution is 2.33. The normalized spacial score (nSPS) is 11.5. The van der Waals surface area contributed by atoms with Gasteiger partial charge in [-0.2, -0.15) is 17.5 Å². The van der Waals surface area contributed by atoms with Crippen molar-refractivity contribution in [2.24, 2.45) is 5.73 Å². The van der Waals surface area contributed by atoms with Crippen LogP contribution in [0.15, 0.2) is 27.8 Å². The van der Waals surface area contributed by atoms with Gasteiger partial charge in [0, 0.05) is 5.56 Å². The minimum Gasteiger partial charge on any atom is -0.384 e. The van der Waals surface area contributed by atoms with E-state index in [1.54, 1.807) is 0 Å². The van der Waals surface area contributed by atoms with Crippen LogP contribution >= 0.6 is 23.3 Å². The predicted molar refractivity (Wildman–Crippen MR) is 64.3 cm³/mol. The Balaban J connectivity index is 2.45. The number of nitrogen functional groups attached to an aromatic ring is 1. The zero-order valence-corrected chi connectivity index (χ0v) is 10.7. The Morgan fingerprint density at radius 2 is 2.11 bits per heavy atom. The van der Waals surface area contributed by atoms with E-state index in [0.29, 0.717) is 4.34 Å². The number of hydrogen-bond donors (Lipinski definition) is 2. The van der Waals surface area contributed by atoms with Gasteiger partial charge in [-0.3, -0.25) is 5.41 Å². The highest BCUT2D eigenvalue weighted by Gasteiger charge is 2.33. The minimum absolute atomic E-state index is 0.0147. The summed E-state index contributed by atoms with van der Waals surface area (Å²) in [5.41, 5.74) is 4.41. The third kappa shape index (κ3) is 3.20. The van der Waals surface area contributed by atoms with Crippen LogP contribution in [-0.2, 0) is 6.18 Å². The first-order valence-electron chi connectivity index (χ1n) is 4.75. The topological polar surface area (TPSA) is 88.5 Å². The smallest absolute Gasteiger partial charge is 0.384 e. The molecule has 0 saturated heterocycles. The first-order valence-corrected chi connectivity index (χ1v) is 6.34. The summed E-state index contributed by atoms with van der Waals surface area (Å²) in [4.78, 5) is 7.34. The van der Waals surface area contributed by atoms with Crippen LogP contribution in [0.2, 0.25) is 0 Å². The van der Waals surface area contributed by atoms with Gasteiger partial charge in [-0.15, -0.1) is 0 Å². The van der Waals surface area contributed by atoms with Crippen molar-refractivity contribution in [2.45, 2.75) is 15.5 Å². The Hall–Kier alpha value is -1.68. The van der Waals surface area contributed by atoms with Crippen molar-refractivity contribution in [1.29, 1.82) is 5.41 Å². The van der Waals surface area contributed by atoms with Gasteiger partial charge < -0.3 is 5.73 Å². The number of nitrogens with one attached hydrogen (secondary N) is 1. The van der Waals surface area contributed by atoms with Crippen LogP contribution in [0.3, 0.4) is 0 Å². The number of hydrogen-bond acceptors (Lipinski definition) is 6. The van der Waals surface area contributed by atoms with E-state index in [9.17, 15) is 13.2 Å². The van der Waals surface area contributed by atoms with E-state index in [1.165, 1.54) is 6.33 Å². The number of rotatable bonds is 3. The summed E-state index contributed by atoms with van der Waals surface area (Å²) in [6.45, 7) is 0. The molecule has 0 bridgehead atoms. The average molecular weight is 305 g/mol. The number of aromatic nitrogens is 3. The van der Waals surface area contributed by atoms with E-state index < -0.39 is 11.9 Å². The molecule has 0 saturated carbocycles. The number of nitrogens with two attached hydrogens (primary N) is 1. The van der Waals surface area contributed by atoms with Gasteiger partial charge in [0.15, 0.2) is 4.34 Å². The molecule has 0 aliphatic carbocycles. The third-order valence-electron chi connectivity index (χ3n) is 1.97. The maximum absolute atomic E-state index is 12.6. The molecule has 2 rings (SSSR count). The maximum Gasteiger partial charge on any atom is 0.433 e. The van der Waals surface area contributed by atoms with Crippen molar-refractivity contribution in [3.63, 3.8) is 0 Å². The molecule has 0 spiro atoms. The Morgan fingerprint density at radius 1 is 1.37 bits per heavy atom. The fraction of sp³-hybridized carbons (Fsp3) is 0.111. The molecular weight excluding hydrogens is 299 g/mol. The molecule has 0 aliphatic heterocycles. The van der Waals surface area contributed by atoms with E-state index >= 15 is 0 Å². The lowest BCUT2D eigenvalue weighted by molar-refractivity contribution is -0.141. The SMILES string of the molecule is N=C(N)c1ccc(C(F)(F)F)nc1Sc1ncns1. The van der Waals surface area contributed by atoms with Crippen LogP contribution in [0.4, 0.5) is 13.2 Å². The average Bonchev–Trinajstić information content (AvgIpc) is 2.80. The standard InChI is InChI=1S/C9H6F3N5S2/c10-9(11,12)5-2-1-4(6(13)14)7(17-5)18-8-15-3-16-19-8/h1-3H,(H3,13,14). The first-order chi connectivity index (χ1) is 8.88. The van der Waals surface area contributed by atoms with E-state index in [2.05, 4.69) is 14.3 Å². The molecule has 3 N–H and O–H groups in total. The minimum atomic E-state index is -4.55. The monoisotopic (exact) mass is 305 g/mol. The first kappa shape index (κ1) is 13.7. The Bertz CT molecular complexity index is 596. The maximum atomic E-state index is 12.6. The lowest BCUT2D eigenvalue weighted by Gasteiger charge is -2.10. The van der Waals surface area contributed by atoms with Crippen LogP contribution < -0.4 is 5.73 Å². The van der Waals surface area contributed by atoms with Crippen LogP contribution in [0.25, 0.3) is 0 Å². The van der Waals surface area contributed by atoms with Crippen LogP contribution in [0.5, 0.6) is 0 Å². The fourth-order valence-corrected chi connectivity index (χ4v) is 2.66. The zero-order valence-electron chi connectivity index (χ0n) is 9.10. The second-order valence-electron chi connectivity index (χ2n) is 3.27. The van der Waals surface area contributed by atoms with Crippen molar-refractivity contribution in [3.8, 4) is 0 Å². The number of alkyl halides is 3. The van der Waals surface area contributed by atoms with Gasteiger partial charge in [0.2, 0.25) is 0 Å². The molecule has 10 heteroatoms. The molecule has 0 aliphatic rings. The molecule has 0 aromatic carbocycles. The summed E-state index contributed by atoms with van der Waals surface area (Å²) in [7, 11) is 0. The van der Waals surface area contributed by atoms with Crippen LogP contribution in [-0.4, -0.2) is 20.2 Å². The summed E-state index contributed by atoms with van der Waals surface area (Å²) >= 11 is 1.91. The van der Waals surface area contributed by atoms with Crippen molar-refractivity contribution < 1.29 is 13.2 Å². The van der Waals surface area contributed by atoms with Crippen molar-refractivity contribution in [1.82, 2.24) is 14.3 Å². The van der Waals surface area contributed by atoms with Gasteiger partial charge >= 0.3 is 6.18 Å². The second kappa shape index (κ2) is 5.13. The van der Waals surface area contributed by atoms with Crippen molar-refractivity contribution in [3.05, 3.63) is 29.7 Å². The molecule has 0 unspecified atom stereocenters. The quantitative estimate of drug-likeness (QED) is 0.671.